The van der Waals surface area contributed by atoms with Crippen molar-refractivity contribution in [3.8, 4) is 17.7 Å². The minimum atomic E-state index is -0.339. The van der Waals surface area contributed by atoms with Crippen LogP contribution in [0.5, 0.6) is 11.6 Å². The third kappa shape index (κ3) is 4.67. The van der Waals surface area contributed by atoms with Gasteiger partial charge in [-0.05, 0) is 61.0 Å². The largest absolute Gasteiger partial charge is 0.439 e. The van der Waals surface area contributed by atoms with Crippen LogP contribution in [0.1, 0.15) is 28.4 Å². The Morgan fingerprint density at radius 2 is 1.96 bits per heavy atom. The van der Waals surface area contributed by atoms with E-state index in [1.807, 2.05) is 6.07 Å². The number of nitrogens with one attached hydrogen (secondary N) is 1. The lowest BCUT2D eigenvalue weighted by Crippen LogP contribution is -2.04. The highest BCUT2D eigenvalue weighted by Gasteiger charge is 2.07. The second-order valence-corrected chi connectivity index (χ2v) is 5.84. The van der Waals surface area contributed by atoms with Gasteiger partial charge < -0.3 is 10.1 Å². The Kier molecular flexibility index (Phi) is 5.43. The van der Waals surface area contributed by atoms with Crippen molar-refractivity contribution in [1.82, 2.24) is 4.98 Å². The summed E-state index contributed by atoms with van der Waals surface area (Å²) in [5.41, 5.74) is 2.45. The van der Waals surface area contributed by atoms with Crippen LogP contribution in [0.15, 0.2) is 60.8 Å². The Labute approximate surface area is 156 Å². The summed E-state index contributed by atoms with van der Waals surface area (Å²) in [5.74, 6) is 0.449. The fourth-order valence-corrected chi connectivity index (χ4v) is 2.44. The summed E-state index contributed by atoms with van der Waals surface area (Å²) in [5, 5.41) is 12.4. The van der Waals surface area contributed by atoms with Crippen LogP contribution in [0.2, 0.25) is 0 Å². The second kappa shape index (κ2) is 8.11. The molecule has 0 spiro atoms. The van der Waals surface area contributed by atoms with Crippen molar-refractivity contribution < 1.29 is 13.9 Å². The Balaban J connectivity index is 1.73. The molecule has 0 fully saturated rings. The molecule has 2 aromatic carbocycles. The molecule has 1 heterocycles. The number of nitrogens with zero attached hydrogens (tertiary/aromatic N) is 2. The molecule has 27 heavy (non-hydrogen) atoms. The van der Waals surface area contributed by atoms with Gasteiger partial charge in [0.2, 0.25) is 5.88 Å². The van der Waals surface area contributed by atoms with Crippen molar-refractivity contribution in [1.29, 1.82) is 5.26 Å². The third-order valence-corrected chi connectivity index (χ3v) is 3.86. The zero-order chi connectivity index (χ0) is 19.2. The van der Waals surface area contributed by atoms with E-state index in [-0.39, 0.29) is 11.6 Å². The lowest BCUT2D eigenvalue weighted by atomic mass is 10.1. The summed E-state index contributed by atoms with van der Waals surface area (Å²) in [6.07, 6.45) is 1.60. The van der Waals surface area contributed by atoms with Gasteiger partial charge in [0.25, 0.3) is 0 Å². The standard InChI is InChI=1S/C21H16FN3O2/c1-14(26)16-2-3-17(12-23)20(11-16)25-13-15-8-9-24-21(10-15)27-19-6-4-18(22)5-7-19/h2-11,25H,13H2,1H3. The van der Waals surface area contributed by atoms with Crippen molar-refractivity contribution >= 4 is 11.5 Å². The van der Waals surface area contributed by atoms with E-state index in [1.54, 1.807) is 30.5 Å². The number of ether oxygens (including phenoxy) is 1. The molecule has 0 aliphatic carbocycles. The first-order chi connectivity index (χ1) is 13.0. The van der Waals surface area contributed by atoms with Crippen LogP contribution in [0.3, 0.4) is 0 Å². The summed E-state index contributed by atoms with van der Waals surface area (Å²) in [6.45, 7) is 1.89. The highest BCUT2D eigenvalue weighted by molar-refractivity contribution is 5.95. The Hall–Kier alpha value is -3.72. The van der Waals surface area contributed by atoms with Crippen LogP contribution < -0.4 is 10.1 Å². The highest BCUT2D eigenvalue weighted by Crippen LogP contribution is 2.22. The number of benzene rings is 2. The van der Waals surface area contributed by atoms with Crippen LogP contribution in [0.25, 0.3) is 0 Å². The molecular weight excluding hydrogens is 345 g/mol. The van der Waals surface area contributed by atoms with Crippen molar-refractivity contribution in [2.24, 2.45) is 0 Å². The van der Waals surface area contributed by atoms with Gasteiger partial charge in [0, 0.05) is 24.4 Å². The first-order valence-electron chi connectivity index (χ1n) is 8.22. The van der Waals surface area contributed by atoms with Crippen LogP contribution in [-0.2, 0) is 6.54 Å². The average molecular weight is 361 g/mol. The molecule has 0 saturated heterocycles. The minimum Gasteiger partial charge on any atom is -0.439 e. The number of anilines is 1. The maximum Gasteiger partial charge on any atom is 0.219 e. The topological polar surface area (TPSA) is 75.0 Å². The summed E-state index contributed by atoms with van der Waals surface area (Å²) in [6, 6.07) is 16.2. The van der Waals surface area contributed by atoms with E-state index >= 15 is 0 Å². The fraction of sp³-hybridized carbons (Fsp3) is 0.0952. The number of hydrogen-bond acceptors (Lipinski definition) is 5. The predicted octanol–water partition coefficient (Wildman–Crippen LogP) is 4.70. The lowest BCUT2D eigenvalue weighted by molar-refractivity contribution is 0.101. The van der Waals surface area contributed by atoms with E-state index in [4.69, 9.17) is 4.74 Å². The predicted molar refractivity (Wildman–Crippen MR) is 99.2 cm³/mol. The molecule has 0 aliphatic heterocycles. The Morgan fingerprint density at radius 1 is 1.19 bits per heavy atom. The van der Waals surface area contributed by atoms with Gasteiger partial charge >= 0.3 is 0 Å². The summed E-state index contributed by atoms with van der Waals surface area (Å²) >= 11 is 0. The van der Waals surface area contributed by atoms with Gasteiger partial charge in [-0.3, -0.25) is 4.79 Å². The molecule has 1 aromatic heterocycles. The molecule has 1 N–H and O–H groups in total. The Bertz CT molecular complexity index is 1010. The van der Waals surface area contributed by atoms with E-state index in [2.05, 4.69) is 16.4 Å². The monoisotopic (exact) mass is 361 g/mol. The highest BCUT2D eigenvalue weighted by atomic mass is 19.1. The number of Topliss-reactive ketones (excluding diaryl/α,β-unsaturated/α-hetero) is 1. The van der Waals surface area contributed by atoms with E-state index in [0.29, 0.717) is 35.0 Å². The Morgan fingerprint density at radius 3 is 2.67 bits per heavy atom. The van der Waals surface area contributed by atoms with E-state index < -0.39 is 0 Å². The number of pyridine rings is 1. The molecule has 5 nitrogen and oxygen atoms in total. The number of ketones is 1. The molecule has 0 unspecified atom stereocenters. The molecule has 0 amide bonds. The number of carbonyl (C=O) groups excluding carboxylic acids is 1. The molecule has 0 aliphatic rings. The van der Waals surface area contributed by atoms with Gasteiger partial charge in [-0.2, -0.15) is 5.26 Å². The SMILES string of the molecule is CC(=O)c1ccc(C#N)c(NCc2ccnc(Oc3ccc(F)cc3)c2)c1. The molecule has 0 bridgehead atoms. The van der Waals surface area contributed by atoms with E-state index in [0.717, 1.165) is 5.56 Å². The van der Waals surface area contributed by atoms with E-state index in [9.17, 15) is 14.4 Å². The number of rotatable bonds is 6. The minimum absolute atomic E-state index is 0.0681. The molecule has 3 aromatic rings. The number of aromatic nitrogens is 1. The smallest absolute Gasteiger partial charge is 0.219 e. The molecule has 0 radical (unpaired) electrons. The first kappa shape index (κ1) is 18.1. The zero-order valence-electron chi connectivity index (χ0n) is 14.6. The first-order valence-corrected chi connectivity index (χ1v) is 8.22. The molecular formula is C21H16FN3O2. The van der Waals surface area contributed by atoms with E-state index in [1.165, 1.54) is 31.2 Å². The van der Waals surface area contributed by atoms with Crippen molar-refractivity contribution in [3.05, 3.63) is 83.3 Å². The van der Waals surface area contributed by atoms with Crippen molar-refractivity contribution in [3.63, 3.8) is 0 Å². The van der Waals surface area contributed by atoms with Gasteiger partial charge in [0.05, 0.1) is 11.3 Å². The maximum absolute atomic E-state index is 13.0. The van der Waals surface area contributed by atoms with Crippen molar-refractivity contribution in [2.75, 3.05) is 5.32 Å². The summed E-state index contributed by atoms with van der Waals surface area (Å²) < 4.78 is 18.6. The number of carbonyl (C=O) groups is 1. The van der Waals surface area contributed by atoms with Crippen LogP contribution in [-0.4, -0.2) is 10.8 Å². The van der Waals surface area contributed by atoms with Crippen LogP contribution >= 0.6 is 0 Å². The summed E-state index contributed by atoms with van der Waals surface area (Å²) in [7, 11) is 0. The molecule has 0 saturated carbocycles. The molecule has 6 heteroatoms. The normalized spacial score (nSPS) is 10.1. The summed E-state index contributed by atoms with van der Waals surface area (Å²) in [4.78, 5) is 15.7. The third-order valence-electron chi connectivity index (χ3n) is 3.86. The zero-order valence-corrected chi connectivity index (χ0v) is 14.6. The molecule has 0 atom stereocenters. The quantitative estimate of drug-likeness (QED) is 0.644. The van der Waals surface area contributed by atoms with Crippen molar-refractivity contribution in [2.45, 2.75) is 13.5 Å². The van der Waals surface area contributed by atoms with Crippen LogP contribution in [0.4, 0.5) is 10.1 Å². The fourth-order valence-electron chi connectivity index (χ4n) is 2.44. The number of hydrogen-bond donors (Lipinski definition) is 1. The van der Waals surface area contributed by atoms with Crippen LogP contribution in [0, 0.1) is 17.1 Å². The lowest BCUT2D eigenvalue weighted by Gasteiger charge is -2.11. The number of halogens is 1. The second-order valence-electron chi connectivity index (χ2n) is 5.84. The average Bonchev–Trinajstić information content (AvgIpc) is 2.68. The van der Waals surface area contributed by atoms with Gasteiger partial charge in [0.1, 0.15) is 17.6 Å². The molecule has 3 rings (SSSR count). The molecule has 134 valence electrons. The van der Waals surface area contributed by atoms with Gasteiger partial charge in [-0.1, -0.05) is 0 Å². The maximum atomic E-state index is 13.0. The van der Waals surface area contributed by atoms with Gasteiger partial charge in [-0.15, -0.1) is 0 Å². The number of nitriles is 1. The van der Waals surface area contributed by atoms with Gasteiger partial charge in [-0.25, -0.2) is 9.37 Å². The van der Waals surface area contributed by atoms with Gasteiger partial charge in [0.15, 0.2) is 5.78 Å².